The molecule has 0 unspecified atom stereocenters. The Labute approximate surface area is 163 Å². The quantitative estimate of drug-likeness (QED) is 0.569. The van der Waals surface area contributed by atoms with Crippen LogP contribution in [0.5, 0.6) is 0 Å². The van der Waals surface area contributed by atoms with Gasteiger partial charge in [0, 0.05) is 13.0 Å². The number of likely N-dealkylation sites (tertiary alicyclic amines) is 1. The number of H-pyrrole nitrogens is 1. The first-order chi connectivity index (χ1) is 12.9. The molecule has 150 valence electrons. The van der Waals surface area contributed by atoms with E-state index in [9.17, 15) is 14.4 Å². The second kappa shape index (κ2) is 10.3. The molecule has 1 fully saturated rings. The number of aromatic amines is 1. The maximum Gasteiger partial charge on any atom is 0.305 e. The molecule has 27 heavy (non-hydrogen) atoms. The number of hydrogen-bond acceptors (Lipinski definition) is 6. The summed E-state index contributed by atoms with van der Waals surface area (Å²) >= 11 is 5.86. The average molecular weight is 399 g/mol. The minimum absolute atomic E-state index is 0.0365. The lowest BCUT2D eigenvalue weighted by atomic mass is 9.96. The summed E-state index contributed by atoms with van der Waals surface area (Å²) in [5, 5.41) is 2.95. The molecule has 1 aliphatic rings. The maximum atomic E-state index is 12.2. The van der Waals surface area contributed by atoms with E-state index in [0.717, 1.165) is 38.9 Å². The van der Waals surface area contributed by atoms with E-state index in [2.05, 4.69) is 15.2 Å². The summed E-state index contributed by atoms with van der Waals surface area (Å²) in [6.07, 6.45) is 3.15. The van der Waals surface area contributed by atoms with Crippen molar-refractivity contribution in [2.45, 2.75) is 32.6 Å². The highest BCUT2D eigenvalue weighted by molar-refractivity contribution is 6.33. The van der Waals surface area contributed by atoms with E-state index >= 15 is 0 Å². The lowest BCUT2D eigenvalue weighted by Crippen LogP contribution is -2.40. The first kappa shape index (κ1) is 21.2. The third-order valence-electron chi connectivity index (χ3n) is 4.68. The first-order valence-electron chi connectivity index (χ1n) is 9.25. The van der Waals surface area contributed by atoms with E-state index in [1.807, 2.05) is 0 Å². The van der Waals surface area contributed by atoms with Crippen LogP contribution in [-0.4, -0.2) is 54.5 Å². The fraction of sp³-hybridized carbons (Fsp3) is 0.611. The summed E-state index contributed by atoms with van der Waals surface area (Å²) in [6.45, 7) is 5.47. The minimum atomic E-state index is -0.550. The number of amides is 1. The molecule has 0 radical (unpaired) electrons. The predicted molar refractivity (Wildman–Crippen MR) is 104 cm³/mol. The van der Waals surface area contributed by atoms with Gasteiger partial charge in [0.05, 0.1) is 11.6 Å². The summed E-state index contributed by atoms with van der Waals surface area (Å²) in [5.41, 5.74) is 4.92. The summed E-state index contributed by atoms with van der Waals surface area (Å²) in [6, 6.07) is 1.29. The Morgan fingerprint density at radius 3 is 2.78 bits per heavy atom. The Hall–Kier alpha value is -2.06. The van der Waals surface area contributed by atoms with E-state index in [0.29, 0.717) is 25.5 Å². The number of rotatable bonds is 8. The Bertz CT molecular complexity index is 714. The number of piperidine rings is 1. The van der Waals surface area contributed by atoms with Gasteiger partial charge in [0.25, 0.3) is 11.5 Å². The molecule has 2 heterocycles. The van der Waals surface area contributed by atoms with Gasteiger partial charge in [0.2, 0.25) is 0 Å². The second-order valence-corrected chi connectivity index (χ2v) is 7.08. The molecule has 4 N–H and O–H groups in total. The van der Waals surface area contributed by atoms with Gasteiger partial charge in [0.15, 0.2) is 0 Å². The zero-order valence-corrected chi connectivity index (χ0v) is 16.3. The molecule has 1 aliphatic heterocycles. The summed E-state index contributed by atoms with van der Waals surface area (Å²) in [7, 11) is 0. The number of nitrogen functional groups attached to an aromatic ring is 1. The molecule has 0 aliphatic carbocycles. The number of hydrogen-bond donors (Lipinski definition) is 3. The van der Waals surface area contributed by atoms with Gasteiger partial charge >= 0.3 is 5.97 Å². The van der Waals surface area contributed by atoms with Gasteiger partial charge in [-0.15, -0.1) is 0 Å². The number of anilines is 1. The zero-order chi connectivity index (χ0) is 19.8. The highest BCUT2D eigenvalue weighted by Crippen LogP contribution is 2.17. The largest absolute Gasteiger partial charge is 0.466 e. The van der Waals surface area contributed by atoms with E-state index in [1.54, 1.807) is 6.92 Å². The van der Waals surface area contributed by atoms with Gasteiger partial charge in [-0.25, -0.2) is 0 Å². The number of nitrogens with one attached hydrogen (secondary N) is 2. The lowest BCUT2D eigenvalue weighted by molar-refractivity contribution is -0.143. The highest BCUT2D eigenvalue weighted by Gasteiger charge is 2.21. The molecule has 8 nitrogen and oxygen atoms in total. The van der Waals surface area contributed by atoms with Gasteiger partial charge in [-0.3, -0.25) is 14.4 Å². The third kappa shape index (κ3) is 6.55. The van der Waals surface area contributed by atoms with Crippen LogP contribution in [0.15, 0.2) is 10.9 Å². The fourth-order valence-corrected chi connectivity index (χ4v) is 3.27. The van der Waals surface area contributed by atoms with Crippen molar-refractivity contribution in [3.63, 3.8) is 0 Å². The third-order valence-corrected chi connectivity index (χ3v) is 5.00. The predicted octanol–water partition coefficient (Wildman–Crippen LogP) is 1.40. The smallest absolute Gasteiger partial charge is 0.305 e. The molecule has 0 spiro atoms. The molecule has 1 amide bonds. The number of aromatic nitrogens is 1. The van der Waals surface area contributed by atoms with Gasteiger partial charge < -0.3 is 25.7 Å². The van der Waals surface area contributed by atoms with Gasteiger partial charge in [-0.2, -0.15) is 0 Å². The lowest BCUT2D eigenvalue weighted by Gasteiger charge is -2.31. The second-order valence-electron chi connectivity index (χ2n) is 6.68. The van der Waals surface area contributed by atoms with Crippen LogP contribution in [0, 0.1) is 5.92 Å². The van der Waals surface area contributed by atoms with Crippen molar-refractivity contribution in [3.05, 3.63) is 27.0 Å². The Balaban J connectivity index is 1.70. The van der Waals surface area contributed by atoms with Crippen LogP contribution < -0.4 is 16.6 Å². The molecule has 1 saturated heterocycles. The van der Waals surface area contributed by atoms with Crippen LogP contribution in [0.1, 0.15) is 43.0 Å². The van der Waals surface area contributed by atoms with Crippen LogP contribution in [0.2, 0.25) is 5.02 Å². The molecule has 0 aromatic carbocycles. The van der Waals surface area contributed by atoms with Crippen molar-refractivity contribution in [1.29, 1.82) is 0 Å². The molecule has 0 bridgehead atoms. The number of ether oxygens (including phenoxy) is 1. The highest BCUT2D eigenvalue weighted by atomic mass is 35.5. The van der Waals surface area contributed by atoms with E-state index < -0.39 is 11.5 Å². The van der Waals surface area contributed by atoms with Gasteiger partial charge in [0.1, 0.15) is 11.4 Å². The molecule has 1 aromatic rings. The molecule has 0 atom stereocenters. The monoisotopic (exact) mass is 398 g/mol. The number of nitrogens with zero attached hydrogens (tertiary/aromatic N) is 1. The van der Waals surface area contributed by atoms with E-state index in [4.69, 9.17) is 22.1 Å². The molecular formula is C18H27ClN4O4. The number of nitrogens with two attached hydrogens (primary N) is 1. The number of pyridine rings is 1. The van der Waals surface area contributed by atoms with Crippen molar-refractivity contribution in [2.75, 3.05) is 38.5 Å². The molecule has 1 aromatic heterocycles. The van der Waals surface area contributed by atoms with Crippen LogP contribution in [0.3, 0.4) is 0 Å². The number of carbonyl (C=O) groups excluding carboxylic acids is 2. The minimum Gasteiger partial charge on any atom is -0.466 e. The van der Waals surface area contributed by atoms with Crippen molar-refractivity contribution < 1.29 is 14.3 Å². The molecule has 2 rings (SSSR count). The standard InChI is InChI=1S/C18H27ClN4O4/c1-2-27-15(24)4-3-7-23-8-5-12(6-9-23)11-21-17(25)13-10-14(19)16(20)22-18(13)26/h10,12H,2-9,11H2,1H3,(H,21,25)(H3,20,22,26). The summed E-state index contributed by atoms with van der Waals surface area (Å²) in [4.78, 5) is 40.1. The summed E-state index contributed by atoms with van der Waals surface area (Å²) < 4.78 is 4.92. The maximum absolute atomic E-state index is 12.2. The van der Waals surface area contributed by atoms with Crippen molar-refractivity contribution in [1.82, 2.24) is 15.2 Å². The SMILES string of the molecule is CCOC(=O)CCCN1CCC(CNC(=O)c2cc(Cl)c(N)[nH]c2=O)CC1. The Kier molecular flexibility index (Phi) is 8.12. The van der Waals surface area contributed by atoms with Gasteiger partial charge in [-0.1, -0.05) is 11.6 Å². The number of carbonyl (C=O) groups is 2. The van der Waals surface area contributed by atoms with Crippen molar-refractivity contribution in [2.24, 2.45) is 5.92 Å². The summed E-state index contributed by atoms with van der Waals surface area (Å²) in [5.74, 6) is -0.185. The normalized spacial score (nSPS) is 15.5. The molecular weight excluding hydrogens is 372 g/mol. The van der Waals surface area contributed by atoms with Crippen LogP contribution >= 0.6 is 11.6 Å². The fourth-order valence-electron chi connectivity index (χ4n) is 3.11. The van der Waals surface area contributed by atoms with E-state index in [-0.39, 0.29) is 22.4 Å². The zero-order valence-electron chi connectivity index (χ0n) is 15.6. The van der Waals surface area contributed by atoms with Crippen molar-refractivity contribution in [3.8, 4) is 0 Å². The Morgan fingerprint density at radius 2 is 2.11 bits per heavy atom. The number of esters is 1. The molecule has 0 saturated carbocycles. The average Bonchev–Trinajstić information content (AvgIpc) is 2.64. The van der Waals surface area contributed by atoms with E-state index in [1.165, 1.54) is 6.07 Å². The number of halogens is 1. The van der Waals surface area contributed by atoms with Gasteiger partial charge in [-0.05, 0) is 57.8 Å². The first-order valence-corrected chi connectivity index (χ1v) is 9.63. The molecule has 9 heteroatoms. The topological polar surface area (TPSA) is 118 Å². The van der Waals surface area contributed by atoms with Crippen LogP contribution in [0.4, 0.5) is 5.82 Å². The van der Waals surface area contributed by atoms with Crippen molar-refractivity contribution >= 4 is 29.3 Å². The Morgan fingerprint density at radius 1 is 1.41 bits per heavy atom. The van der Waals surface area contributed by atoms with Crippen LogP contribution in [0.25, 0.3) is 0 Å². The van der Waals surface area contributed by atoms with Crippen LogP contribution in [-0.2, 0) is 9.53 Å².